The van der Waals surface area contributed by atoms with Crippen LogP contribution < -0.4 is 5.32 Å². The summed E-state index contributed by atoms with van der Waals surface area (Å²) in [5.74, 6) is -1.46. The molecule has 1 aromatic carbocycles. The number of hydrogen-bond acceptors (Lipinski definition) is 3. The van der Waals surface area contributed by atoms with Gasteiger partial charge >= 0.3 is 5.97 Å². The number of ether oxygens (including phenoxy) is 1. The highest BCUT2D eigenvalue weighted by molar-refractivity contribution is 14.1. The number of hydrogen-bond donors (Lipinski definition) is 2. The highest BCUT2D eigenvalue weighted by Crippen LogP contribution is 2.10. The van der Waals surface area contributed by atoms with E-state index in [0.717, 1.165) is 9.13 Å². The molecule has 6 heteroatoms. The molecular weight excluding hydrogens is 361 g/mol. The van der Waals surface area contributed by atoms with Gasteiger partial charge in [-0.1, -0.05) is 12.1 Å². The summed E-state index contributed by atoms with van der Waals surface area (Å²) in [7, 11) is 1.40. The predicted octanol–water partition coefficient (Wildman–Crippen LogP) is 1.44. The Bertz CT molecular complexity index is 477. The first-order valence-electron chi connectivity index (χ1n) is 5.65. The first-order valence-corrected chi connectivity index (χ1v) is 6.73. The van der Waals surface area contributed by atoms with Crippen molar-refractivity contribution in [1.82, 2.24) is 5.32 Å². The fraction of sp³-hybridized carbons (Fsp3) is 0.385. The van der Waals surface area contributed by atoms with Crippen LogP contribution in [0.3, 0.4) is 0 Å². The lowest BCUT2D eigenvalue weighted by molar-refractivity contribution is -0.149. The average molecular weight is 377 g/mol. The molecule has 1 aromatic rings. The Labute approximate surface area is 125 Å². The van der Waals surface area contributed by atoms with E-state index in [9.17, 15) is 9.59 Å². The summed E-state index contributed by atoms with van der Waals surface area (Å²) in [5.41, 5.74) is -0.567. The lowest BCUT2D eigenvalue weighted by atomic mass is 10.0. The molecule has 0 heterocycles. The maximum Gasteiger partial charge on any atom is 0.331 e. The molecule has 5 nitrogen and oxygen atoms in total. The maximum atomic E-state index is 11.9. The van der Waals surface area contributed by atoms with Gasteiger partial charge in [0.15, 0.2) is 5.54 Å². The molecule has 0 aliphatic rings. The lowest BCUT2D eigenvalue weighted by Gasteiger charge is -2.25. The van der Waals surface area contributed by atoms with Gasteiger partial charge in [0.2, 0.25) is 5.91 Å². The molecule has 1 atom stereocenters. The second-order valence-corrected chi connectivity index (χ2v) is 5.67. The van der Waals surface area contributed by atoms with E-state index in [2.05, 4.69) is 27.9 Å². The van der Waals surface area contributed by atoms with E-state index in [1.807, 2.05) is 24.3 Å². The number of carbonyl (C=O) groups excluding carboxylic acids is 1. The molecule has 1 amide bonds. The molecule has 0 saturated heterocycles. The second-order valence-electron chi connectivity index (χ2n) is 4.43. The Kier molecular flexibility index (Phi) is 5.74. The molecule has 2 N–H and O–H groups in total. The van der Waals surface area contributed by atoms with Gasteiger partial charge in [0.1, 0.15) is 0 Å². The average Bonchev–Trinajstić information content (AvgIpc) is 2.28. The van der Waals surface area contributed by atoms with E-state index in [0.29, 0.717) is 0 Å². The molecule has 0 radical (unpaired) electrons. The monoisotopic (exact) mass is 377 g/mol. The van der Waals surface area contributed by atoms with Gasteiger partial charge in [0, 0.05) is 10.7 Å². The molecule has 0 fully saturated rings. The van der Waals surface area contributed by atoms with E-state index in [1.54, 1.807) is 0 Å². The normalized spacial score (nSPS) is 13.6. The number of nitrogens with one attached hydrogen (secondary N) is 1. The number of carbonyl (C=O) groups is 2. The summed E-state index contributed by atoms with van der Waals surface area (Å²) in [6.45, 7) is 1.34. The molecular formula is C13H16INO4. The smallest absolute Gasteiger partial charge is 0.331 e. The summed E-state index contributed by atoms with van der Waals surface area (Å²) >= 11 is 2.16. The van der Waals surface area contributed by atoms with E-state index in [1.165, 1.54) is 14.0 Å². The van der Waals surface area contributed by atoms with Gasteiger partial charge in [-0.3, -0.25) is 4.79 Å². The Hall–Kier alpha value is -1.15. The van der Waals surface area contributed by atoms with E-state index < -0.39 is 11.5 Å². The van der Waals surface area contributed by atoms with Gasteiger partial charge in [-0.05, 0) is 47.2 Å². The summed E-state index contributed by atoms with van der Waals surface area (Å²) in [5, 5.41) is 11.6. The number of rotatable bonds is 6. The van der Waals surface area contributed by atoms with Crippen molar-refractivity contribution in [3.8, 4) is 0 Å². The van der Waals surface area contributed by atoms with Crippen LogP contribution in [0.15, 0.2) is 24.3 Å². The van der Waals surface area contributed by atoms with Crippen LogP contribution in [0.5, 0.6) is 0 Å². The zero-order chi connectivity index (χ0) is 14.5. The third kappa shape index (κ3) is 4.79. The Morgan fingerprint density at radius 1 is 1.47 bits per heavy atom. The first-order chi connectivity index (χ1) is 8.87. The zero-order valence-corrected chi connectivity index (χ0v) is 12.9. The van der Waals surface area contributed by atoms with Crippen LogP contribution in [0.25, 0.3) is 0 Å². The third-order valence-corrected chi connectivity index (χ3v) is 3.25. The van der Waals surface area contributed by atoms with Crippen LogP contribution in [0, 0.1) is 3.57 Å². The van der Waals surface area contributed by atoms with E-state index in [4.69, 9.17) is 9.84 Å². The first kappa shape index (κ1) is 15.9. The fourth-order valence-corrected chi connectivity index (χ4v) is 2.23. The number of amides is 1. The van der Waals surface area contributed by atoms with Crippen molar-refractivity contribution in [2.45, 2.75) is 18.9 Å². The highest BCUT2D eigenvalue weighted by atomic mass is 127. The van der Waals surface area contributed by atoms with Crippen molar-refractivity contribution in [3.05, 3.63) is 33.4 Å². The van der Waals surface area contributed by atoms with Crippen molar-refractivity contribution in [2.24, 2.45) is 0 Å². The lowest BCUT2D eigenvalue weighted by Crippen LogP contribution is -2.55. The van der Waals surface area contributed by atoms with Crippen LogP contribution in [-0.4, -0.2) is 36.2 Å². The number of benzene rings is 1. The number of methoxy groups -OCH3 is 1. The van der Waals surface area contributed by atoms with Gasteiger partial charge < -0.3 is 15.2 Å². The summed E-state index contributed by atoms with van der Waals surface area (Å²) in [4.78, 5) is 23.0. The van der Waals surface area contributed by atoms with E-state index >= 15 is 0 Å². The SMILES string of the molecule is COCC(C)(NC(=O)Cc1cccc(I)c1)C(=O)O. The number of carboxylic acid groups (broad SMARTS) is 1. The minimum absolute atomic E-state index is 0.0829. The van der Waals surface area contributed by atoms with Gasteiger partial charge in [-0.2, -0.15) is 0 Å². The second kappa shape index (κ2) is 6.85. The van der Waals surface area contributed by atoms with Crippen molar-refractivity contribution >= 4 is 34.5 Å². The molecule has 1 unspecified atom stereocenters. The maximum absolute atomic E-state index is 11.9. The largest absolute Gasteiger partial charge is 0.479 e. The van der Waals surface area contributed by atoms with Gasteiger partial charge in [-0.25, -0.2) is 4.79 Å². The molecule has 0 saturated carbocycles. The molecule has 104 valence electrons. The van der Waals surface area contributed by atoms with Crippen molar-refractivity contribution in [1.29, 1.82) is 0 Å². The number of halogens is 1. The summed E-state index contributed by atoms with van der Waals surface area (Å²) in [6.07, 6.45) is 0.142. The minimum atomic E-state index is -1.41. The molecule has 0 spiro atoms. The molecule has 0 aliphatic carbocycles. The standard InChI is InChI=1S/C13H16INO4/c1-13(8-19-2,12(17)18)15-11(16)7-9-4-3-5-10(14)6-9/h3-6H,7-8H2,1-2H3,(H,15,16)(H,17,18). The van der Waals surface area contributed by atoms with Crippen LogP contribution in [0.4, 0.5) is 0 Å². The minimum Gasteiger partial charge on any atom is -0.479 e. The molecule has 0 bridgehead atoms. The van der Waals surface area contributed by atoms with Gasteiger partial charge in [-0.15, -0.1) is 0 Å². The van der Waals surface area contributed by atoms with Gasteiger partial charge in [0.25, 0.3) is 0 Å². The topological polar surface area (TPSA) is 75.6 Å². The van der Waals surface area contributed by atoms with Crippen LogP contribution in [-0.2, 0) is 20.7 Å². The fourth-order valence-electron chi connectivity index (χ4n) is 1.62. The van der Waals surface area contributed by atoms with E-state index in [-0.39, 0.29) is 18.9 Å². The molecule has 0 aromatic heterocycles. The Morgan fingerprint density at radius 3 is 2.68 bits per heavy atom. The van der Waals surface area contributed by atoms with Crippen LogP contribution >= 0.6 is 22.6 Å². The number of aliphatic carboxylic acids is 1. The Morgan fingerprint density at radius 2 is 2.16 bits per heavy atom. The zero-order valence-electron chi connectivity index (χ0n) is 10.8. The van der Waals surface area contributed by atoms with Crippen molar-refractivity contribution < 1.29 is 19.4 Å². The van der Waals surface area contributed by atoms with Crippen molar-refractivity contribution in [3.63, 3.8) is 0 Å². The summed E-state index contributed by atoms with van der Waals surface area (Å²) in [6, 6.07) is 7.49. The highest BCUT2D eigenvalue weighted by Gasteiger charge is 2.34. The quantitative estimate of drug-likeness (QED) is 0.736. The molecule has 0 aliphatic heterocycles. The molecule has 19 heavy (non-hydrogen) atoms. The number of carboxylic acids is 1. The van der Waals surface area contributed by atoms with Crippen LogP contribution in [0.2, 0.25) is 0 Å². The van der Waals surface area contributed by atoms with Crippen molar-refractivity contribution in [2.75, 3.05) is 13.7 Å². The third-order valence-electron chi connectivity index (χ3n) is 2.57. The predicted molar refractivity (Wildman–Crippen MR) is 78.9 cm³/mol. The molecule has 1 rings (SSSR count). The Balaban J connectivity index is 2.71. The van der Waals surface area contributed by atoms with Gasteiger partial charge in [0.05, 0.1) is 13.0 Å². The summed E-state index contributed by atoms with van der Waals surface area (Å²) < 4.78 is 5.87. The van der Waals surface area contributed by atoms with Crippen LogP contribution in [0.1, 0.15) is 12.5 Å².